The van der Waals surface area contributed by atoms with Crippen LogP contribution in [0.3, 0.4) is 0 Å². The summed E-state index contributed by atoms with van der Waals surface area (Å²) in [6.07, 6.45) is 9.75. The zero-order valence-electron chi connectivity index (χ0n) is 25.3. The topological polar surface area (TPSA) is 30.7 Å². The van der Waals surface area contributed by atoms with E-state index in [1.165, 1.54) is 44.1 Å². The van der Waals surface area contributed by atoms with Gasteiger partial charge in [0, 0.05) is 45.7 Å². The summed E-state index contributed by atoms with van der Waals surface area (Å²) in [4.78, 5) is 10.3. The van der Waals surface area contributed by atoms with Crippen LogP contribution in [0.2, 0.25) is 0 Å². The lowest BCUT2D eigenvalue weighted by molar-refractivity contribution is 0.688. The standard InChI is InChI=1S/C42H33N3/c1-2-31(19-15-16-28-45-38-26-13-10-23-34(38)35-24-11-14-27-39(35)45)42(32-20-7-4-8-21-32)37-25-12-9-22-33(37)36-29-43-41(44-40(36)42)30-17-5-3-6-18-30/h3-27,29H,2,28H2,1H3/b16-15-,31-19+. The number of aromatic nitrogens is 3. The van der Waals surface area contributed by atoms with Gasteiger partial charge in [-0.1, -0.05) is 146 Å². The van der Waals surface area contributed by atoms with E-state index in [4.69, 9.17) is 9.97 Å². The van der Waals surface area contributed by atoms with E-state index in [0.717, 1.165) is 35.6 Å². The predicted molar refractivity (Wildman–Crippen MR) is 186 cm³/mol. The van der Waals surface area contributed by atoms with Crippen LogP contribution in [0.1, 0.15) is 30.2 Å². The van der Waals surface area contributed by atoms with Crippen molar-refractivity contribution in [3.63, 3.8) is 0 Å². The average molecular weight is 580 g/mol. The van der Waals surface area contributed by atoms with Crippen molar-refractivity contribution in [3.8, 4) is 22.5 Å². The first-order valence-corrected chi connectivity index (χ1v) is 15.7. The molecule has 5 aromatic carbocycles. The maximum atomic E-state index is 5.39. The molecule has 0 amide bonds. The highest BCUT2D eigenvalue weighted by molar-refractivity contribution is 6.08. The number of rotatable bonds is 7. The molecule has 1 unspecified atom stereocenters. The van der Waals surface area contributed by atoms with Gasteiger partial charge in [-0.05, 0) is 40.8 Å². The molecule has 8 rings (SSSR count). The number of allylic oxidation sites excluding steroid dienone is 4. The minimum Gasteiger partial charge on any atom is -0.337 e. The summed E-state index contributed by atoms with van der Waals surface area (Å²) in [7, 11) is 0. The van der Waals surface area contributed by atoms with Crippen LogP contribution in [0.4, 0.5) is 0 Å². The Morgan fingerprint density at radius 1 is 0.689 bits per heavy atom. The first kappa shape index (κ1) is 27.0. The molecular formula is C42H33N3. The van der Waals surface area contributed by atoms with Crippen molar-refractivity contribution in [1.29, 1.82) is 0 Å². The molecule has 3 nitrogen and oxygen atoms in total. The van der Waals surface area contributed by atoms with Crippen molar-refractivity contribution in [3.05, 3.63) is 180 Å². The molecule has 0 radical (unpaired) electrons. The smallest absolute Gasteiger partial charge is 0.159 e. The van der Waals surface area contributed by atoms with Gasteiger partial charge in [-0.25, -0.2) is 9.97 Å². The molecule has 0 aliphatic heterocycles. The van der Waals surface area contributed by atoms with Crippen LogP contribution < -0.4 is 0 Å². The second-order valence-corrected chi connectivity index (χ2v) is 11.6. The van der Waals surface area contributed by atoms with Gasteiger partial charge in [0.1, 0.15) is 0 Å². The molecule has 2 aromatic heterocycles. The number of nitrogens with zero attached hydrogens (tertiary/aromatic N) is 3. The number of benzene rings is 5. The molecule has 0 fully saturated rings. The SMILES string of the molecule is CC/C(=C\C=C/Cn1c2ccccc2c2ccccc21)C1(c2ccccc2)c2ccccc2-c2cnc(-c3ccccc3)nc21. The summed E-state index contributed by atoms with van der Waals surface area (Å²) in [6, 6.07) is 47.3. The predicted octanol–water partition coefficient (Wildman–Crippen LogP) is 10.2. The van der Waals surface area contributed by atoms with E-state index in [2.05, 4.69) is 145 Å². The van der Waals surface area contributed by atoms with Gasteiger partial charge in [-0.2, -0.15) is 0 Å². The van der Waals surface area contributed by atoms with Gasteiger partial charge in [-0.3, -0.25) is 0 Å². The molecule has 0 saturated carbocycles. The van der Waals surface area contributed by atoms with Crippen molar-refractivity contribution in [2.45, 2.75) is 25.3 Å². The minimum absolute atomic E-state index is 0.536. The lowest BCUT2D eigenvalue weighted by Gasteiger charge is -2.34. The van der Waals surface area contributed by atoms with Gasteiger partial charge >= 0.3 is 0 Å². The van der Waals surface area contributed by atoms with E-state index in [1.54, 1.807) is 0 Å². The van der Waals surface area contributed by atoms with Gasteiger partial charge in [0.25, 0.3) is 0 Å². The zero-order chi connectivity index (χ0) is 30.2. The molecule has 216 valence electrons. The Morgan fingerprint density at radius 3 is 2.02 bits per heavy atom. The molecule has 1 aliphatic rings. The van der Waals surface area contributed by atoms with Crippen LogP contribution in [0.25, 0.3) is 44.3 Å². The van der Waals surface area contributed by atoms with Crippen molar-refractivity contribution in [2.24, 2.45) is 0 Å². The largest absolute Gasteiger partial charge is 0.337 e. The van der Waals surface area contributed by atoms with Gasteiger partial charge in [-0.15, -0.1) is 0 Å². The van der Waals surface area contributed by atoms with Crippen molar-refractivity contribution >= 4 is 21.8 Å². The highest BCUT2D eigenvalue weighted by Crippen LogP contribution is 2.56. The van der Waals surface area contributed by atoms with Crippen LogP contribution in [0.5, 0.6) is 0 Å². The average Bonchev–Trinajstić information content (AvgIpc) is 3.59. The summed E-state index contributed by atoms with van der Waals surface area (Å²) in [6.45, 7) is 3.05. The van der Waals surface area contributed by atoms with Crippen LogP contribution >= 0.6 is 0 Å². The van der Waals surface area contributed by atoms with Gasteiger partial charge in [0.2, 0.25) is 0 Å². The zero-order valence-corrected chi connectivity index (χ0v) is 25.3. The Kier molecular flexibility index (Phi) is 6.72. The summed E-state index contributed by atoms with van der Waals surface area (Å²) in [5.74, 6) is 0.750. The molecule has 0 saturated heterocycles. The first-order valence-electron chi connectivity index (χ1n) is 15.7. The molecule has 1 aliphatic carbocycles. The Hall–Kier alpha value is -5.54. The first-order chi connectivity index (χ1) is 22.3. The van der Waals surface area contributed by atoms with Crippen LogP contribution in [-0.4, -0.2) is 14.5 Å². The molecule has 3 heteroatoms. The normalized spacial score (nSPS) is 16.0. The third kappa shape index (κ3) is 4.27. The Morgan fingerprint density at radius 2 is 1.31 bits per heavy atom. The van der Waals surface area contributed by atoms with Gasteiger partial charge in [0.15, 0.2) is 5.82 Å². The molecule has 7 aromatic rings. The van der Waals surface area contributed by atoms with E-state index in [1.807, 2.05) is 24.4 Å². The molecule has 0 N–H and O–H groups in total. The van der Waals surface area contributed by atoms with Crippen molar-refractivity contribution < 1.29 is 0 Å². The van der Waals surface area contributed by atoms with E-state index in [0.29, 0.717) is 0 Å². The molecule has 1 atom stereocenters. The summed E-state index contributed by atoms with van der Waals surface area (Å²) < 4.78 is 2.41. The van der Waals surface area contributed by atoms with E-state index >= 15 is 0 Å². The van der Waals surface area contributed by atoms with E-state index < -0.39 is 5.41 Å². The Balaban J connectivity index is 1.29. The van der Waals surface area contributed by atoms with Crippen LogP contribution in [0, 0.1) is 0 Å². The lowest BCUT2D eigenvalue weighted by Crippen LogP contribution is -2.30. The number of hydrogen-bond donors (Lipinski definition) is 0. The summed E-state index contributed by atoms with van der Waals surface area (Å²) in [5.41, 5.74) is 10.1. The fourth-order valence-electron chi connectivity index (χ4n) is 7.31. The molecular weight excluding hydrogens is 546 g/mol. The second-order valence-electron chi connectivity index (χ2n) is 11.6. The van der Waals surface area contributed by atoms with Gasteiger partial charge < -0.3 is 4.57 Å². The fraction of sp³-hybridized carbons (Fsp3) is 0.0952. The number of para-hydroxylation sites is 2. The summed E-state index contributed by atoms with van der Waals surface area (Å²) >= 11 is 0. The van der Waals surface area contributed by atoms with Crippen molar-refractivity contribution in [2.75, 3.05) is 0 Å². The third-order valence-electron chi connectivity index (χ3n) is 9.27. The number of hydrogen-bond acceptors (Lipinski definition) is 2. The second kappa shape index (κ2) is 11.2. The van der Waals surface area contributed by atoms with Crippen molar-refractivity contribution in [1.82, 2.24) is 14.5 Å². The molecule has 45 heavy (non-hydrogen) atoms. The molecule has 0 bridgehead atoms. The monoisotopic (exact) mass is 579 g/mol. The minimum atomic E-state index is -0.536. The van der Waals surface area contributed by atoms with Crippen LogP contribution in [0.15, 0.2) is 163 Å². The Labute approximate surface area is 263 Å². The quantitative estimate of drug-likeness (QED) is 0.176. The summed E-state index contributed by atoms with van der Waals surface area (Å²) in [5, 5.41) is 2.59. The highest BCUT2D eigenvalue weighted by atomic mass is 15.0. The van der Waals surface area contributed by atoms with Gasteiger partial charge in [0.05, 0.1) is 11.1 Å². The maximum Gasteiger partial charge on any atom is 0.159 e. The molecule has 2 heterocycles. The highest BCUT2D eigenvalue weighted by Gasteiger charge is 2.48. The van der Waals surface area contributed by atoms with E-state index in [-0.39, 0.29) is 0 Å². The molecule has 0 spiro atoms. The lowest BCUT2D eigenvalue weighted by atomic mass is 9.68. The van der Waals surface area contributed by atoms with Crippen LogP contribution in [-0.2, 0) is 12.0 Å². The Bertz CT molecular complexity index is 2170. The third-order valence-corrected chi connectivity index (χ3v) is 9.27. The maximum absolute atomic E-state index is 5.39. The number of fused-ring (bicyclic) bond motifs is 6. The fourth-order valence-corrected chi connectivity index (χ4v) is 7.31. The van der Waals surface area contributed by atoms with E-state index in [9.17, 15) is 0 Å².